The molecule has 0 amide bonds. The molecule has 0 saturated heterocycles. The summed E-state index contributed by atoms with van der Waals surface area (Å²) in [6, 6.07) is 11.9. The molecule has 4 nitrogen and oxygen atoms in total. The smallest absolute Gasteiger partial charge is 0.247 e. The van der Waals surface area contributed by atoms with Gasteiger partial charge in [0.25, 0.3) is 0 Å². The first-order chi connectivity index (χ1) is 12.4. The molecule has 0 spiro atoms. The molecule has 1 heterocycles. The Morgan fingerprint density at radius 3 is 2.38 bits per heavy atom. The number of rotatable bonds is 3. The minimum atomic E-state index is -4.36. The fourth-order valence-electron chi connectivity index (χ4n) is 2.33. The summed E-state index contributed by atoms with van der Waals surface area (Å²) in [7, 11) is 0. The van der Waals surface area contributed by atoms with E-state index in [9.17, 15) is 13.2 Å². The highest BCUT2D eigenvalue weighted by molar-refractivity contribution is 6.31. The second-order valence-electron chi connectivity index (χ2n) is 5.37. The summed E-state index contributed by atoms with van der Waals surface area (Å²) in [4.78, 5) is 0. The van der Waals surface area contributed by atoms with Crippen molar-refractivity contribution in [3.63, 3.8) is 0 Å². The standard InChI is InChI=1S/C18H10ClF3N4/c19-15-8-12(7-13(9-15)17-16(10-23)24-26-25-17)2-1-11-3-5-14(6-4-11)18(20,21)22/h1-9H,(H,24,25,26)/b2-1+. The summed E-state index contributed by atoms with van der Waals surface area (Å²) in [6.07, 6.45) is -0.978. The van der Waals surface area contributed by atoms with Crippen LogP contribution in [-0.4, -0.2) is 15.4 Å². The van der Waals surface area contributed by atoms with Gasteiger partial charge in [0.1, 0.15) is 11.8 Å². The molecule has 0 aliphatic rings. The van der Waals surface area contributed by atoms with Crippen molar-refractivity contribution in [1.29, 1.82) is 5.26 Å². The second-order valence-corrected chi connectivity index (χ2v) is 5.81. The average Bonchev–Trinajstić information content (AvgIpc) is 3.08. The van der Waals surface area contributed by atoms with Crippen LogP contribution in [0.25, 0.3) is 23.4 Å². The van der Waals surface area contributed by atoms with Crippen molar-refractivity contribution in [1.82, 2.24) is 15.4 Å². The first-order valence-electron chi connectivity index (χ1n) is 7.34. The van der Waals surface area contributed by atoms with Gasteiger partial charge in [-0.2, -0.15) is 18.4 Å². The van der Waals surface area contributed by atoms with Crippen LogP contribution in [0, 0.1) is 11.3 Å². The van der Waals surface area contributed by atoms with Crippen LogP contribution in [0.5, 0.6) is 0 Å². The van der Waals surface area contributed by atoms with Crippen molar-refractivity contribution in [2.75, 3.05) is 0 Å². The van der Waals surface area contributed by atoms with E-state index in [0.29, 0.717) is 27.4 Å². The first kappa shape index (κ1) is 17.7. The van der Waals surface area contributed by atoms with Gasteiger partial charge >= 0.3 is 6.18 Å². The van der Waals surface area contributed by atoms with Crippen LogP contribution < -0.4 is 0 Å². The summed E-state index contributed by atoms with van der Waals surface area (Å²) in [5.41, 5.74) is 1.81. The van der Waals surface area contributed by atoms with Gasteiger partial charge in [0, 0.05) is 10.6 Å². The van der Waals surface area contributed by atoms with Crippen molar-refractivity contribution in [3.8, 4) is 17.3 Å². The van der Waals surface area contributed by atoms with Crippen molar-refractivity contribution in [2.45, 2.75) is 6.18 Å². The molecule has 0 saturated carbocycles. The largest absolute Gasteiger partial charge is 0.416 e. The maximum absolute atomic E-state index is 12.6. The van der Waals surface area contributed by atoms with Gasteiger partial charge in [-0.25, -0.2) is 5.10 Å². The van der Waals surface area contributed by atoms with Crippen LogP contribution in [0.4, 0.5) is 13.2 Å². The van der Waals surface area contributed by atoms with E-state index in [2.05, 4.69) is 15.4 Å². The number of hydrogen-bond acceptors (Lipinski definition) is 3. The third-order valence-corrected chi connectivity index (χ3v) is 3.78. The van der Waals surface area contributed by atoms with Crippen molar-refractivity contribution >= 4 is 23.8 Å². The zero-order chi connectivity index (χ0) is 18.7. The Balaban J connectivity index is 1.88. The number of benzene rings is 2. The van der Waals surface area contributed by atoms with Gasteiger partial charge in [0.05, 0.1) is 5.56 Å². The molecule has 1 aromatic heterocycles. The molecule has 130 valence electrons. The average molecular weight is 375 g/mol. The van der Waals surface area contributed by atoms with E-state index in [4.69, 9.17) is 16.9 Å². The zero-order valence-electron chi connectivity index (χ0n) is 13.0. The Hall–Kier alpha value is -3.11. The molecule has 0 unspecified atom stereocenters. The minimum Gasteiger partial charge on any atom is -0.247 e. The predicted octanol–water partition coefficient (Wildman–Crippen LogP) is 5.19. The molecular weight excluding hydrogens is 365 g/mol. The van der Waals surface area contributed by atoms with Gasteiger partial charge in [0.2, 0.25) is 0 Å². The van der Waals surface area contributed by atoms with Crippen LogP contribution >= 0.6 is 11.6 Å². The first-order valence-corrected chi connectivity index (χ1v) is 7.72. The number of nitrogens with zero attached hydrogens (tertiary/aromatic N) is 3. The third-order valence-electron chi connectivity index (χ3n) is 3.56. The number of nitrogens with one attached hydrogen (secondary N) is 1. The Morgan fingerprint density at radius 1 is 1.04 bits per heavy atom. The summed E-state index contributed by atoms with van der Waals surface area (Å²) >= 11 is 6.11. The highest BCUT2D eigenvalue weighted by Crippen LogP contribution is 2.29. The topological polar surface area (TPSA) is 65.4 Å². The lowest BCUT2D eigenvalue weighted by atomic mass is 10.1. The Kier molecular flexibility index (Phi) is 4.78. The van der Waals surface area contributed by atoms with Crippen LogP contribution in [0.15, 0.2) is 42.5 Å². The lowest BCUT2D eigenvalue weighted by Gasteiger charge is -2.06. The van der Waals surface area contributed by atoms with E-state index in [-0.39, 0.29) is 5.69 Å². The molecule has 0 fully saturated rings. The Bertz CT molecular complexity index is 999. The van der Waals surface area contributed by atoms with Crippen LogP contribution in [0.1, 0.15) is 22.4 Å². The van der Waals surface area contributed by atoms with Gasteiger partial charge < -0.3 is 0 Å². The van der Waals surface area contributed by atoms with Gasteiger partial charge in [-0.05, 0) is 41.5 Å². The molecule has 26 heavy (non-hydrogen) atoms. The maximum atomic E-state index is 12.6. The zero-order valence-corrected chi connectivity index (χ0v) is 13.8. The molecule has 0 bridgehead atoms. The maximum Gasteiger partial charge on any atom is 0.416 e. The van der Waals surface area contributed by atoms with Crippen LogP contribution in [0.3, 0.4) is 0 Å². The fourth-order valence-corrected chi connectivity index (χ4v) is 2.57. The fraction of sp³-hybridized carbons (Fsp3) is 0.0556. The number of nitriles is 1. The van der Waals surface area contributed by atoms with E-state index in [1.54, 1.807) is 30.4 Å². The molecule has 3 aromatic rings. The van der Waals surface area contributed by atoms with E-state index in [1.165, 1.54) is 12.1 Å². The summed E-state index contributed by atoms with van der Waals surface area (Å²) < 4.78 is 37.8. The van der Waals surface area contributed by atoms with Crippen molar-refractivity contribution in [3.05, 3.63) is 69.9 Å². The van der Waals surface area contributed by atoms with Gasteiger partial charge in [0.15, 0.2) is 5.69 Å². The van der Waals surface area contributed by atoms with E-state index >= 15 is 0 Å². The molecule has 8 heteroatoms. The molecule has 2 aromatic carbocycles. The molecule has 0 atom stereocenters. The van der Waals surface area contributed by atoms with E-state index < -0.39 is 11.7 Å². The Morgan fingerprint density at radius 2 is 1.73 bits per heavy atom. The number of H-pyrrole nitrogens is 1. The van der Waals surface area contributed by atoms with Gasteiger partial charge in [-0.1, -0.05) is 41.1 Å². The lowest BCUT2D eigenvalue weighted by Crippen LogP contribution is -2.03. The van der Waals surface area contributed by atoms with Gasteiger partial charge in [-0.3, -0.25) is 0 Å². The summed E-state index contributed by atoms with van der Waals surface area (Å²) in [5.74, 6) is 0. The SMILES string of the molecule is N#Cc1[nH]nnc1-c1cc(Cl)cc(/C=C/c2ccc(C(F)(F)F)cc2)c1. The van der Waals surface area contributed by atoms with E-state index in [1.807, 2.05) is 6.07 Å². The quantitative estimate of drug-likeness (QED) is 0.642. The molecule has 0 radical (unpaired) electrons. The number of hydrogen-bond donors (Lipinski definition) is 1. The van der Waals surface area contributed by atoms with Gasteiger partial charge in [-0.15, -0.1) is 5.10 Å². The van der Waals surface area contributed by atoms with E-state index in [0.717, 1.165) is 12.1 Å². The Labute approximate surface area is 151 Å². The monoisotopic (exact) mass is 374 g/mol. The molecule has 0 aliphatic heterocycles. The summed E-state index contributed by atoms with van der Waals surface area (Å²) in [6.45, 7) is 0. The normalized spacial score (nSPS) is 11.7. The number of alkyl halides is 3. The van der Waals surface area contributed by atoms with Crippen LogP contribution in [0.2, 0.25) is 5.02 Å². The molecule has 3 rings (SSSR count). The summed E-state index contributed by atoms with van der Waals surface area (Å²) in [5, 5.41) is 19.4. The van der Waals surface area contributed by atoms with Crippen molar-refractivity contribution in [2.24, 2.45) is 0 Å². The lowest BCUT2D eigenvalue weighted by molar-refractivity contribution is -0.137. The third kappa shape index (κ3) is 3.92. The number of aromatic nitrogens is 3. The minimum absolute atomic E-state index is 0.213. The number of aromatic amines is 1. The predicted molar refractivity (Wildman–Crippen MR) is 91.9 cm³/mol. The van der Waals surface area contributed by atoms with Crippen LogP contribution in [-0.2, 0) is 6.18 Å². The molecule has 1 N–H and O–H groups in total. The number of halogens is 4. The van der Waals surface area contributed by atoms with Crippen molar-refractivity contribution < 1.29 is 13.2 Å². The second kappa shape index (κ2) is 7.02. The highest BCUT2D eigenvalue weighted by Gasteiger charge is 2.29. The molecule has 0 aliphatic carbocycles. The molecular formula is C18H10ClF3N4. The highest BCUT2D eigenvalue weighted by atomic mass is 35.5.